The number of tetrazole rings is 1. The van der Waals surface area contributed by atoms with E-state index in [9.17, 15) is 4.79 Å². The van der Waals surface area contributed by atoms with Gasteiger partial charge in [-0.25, -0.2) is 9.48 Å². The van der Waals surface area contributed by atoms with Gasteiger partial charge in [0.05, 0.1) is 6.04 Å². The Morgan fingerprint density at radius 2 is 1.86 bits per heavy atom. The fourth-order valence-corrected chi connectivity index (χ4v) is 2.73. The van der Waals surface area contributed by atoms with E-state index in [4.69, 9.17) is 4.74 Å². The van der Waals surface area contributed by atoms with Crippen LogP contribution in [-0.4, -0.2) is 32.8 Å². The predicted molar refractivity (Wildman–Crippen MR) is 105 cm³/mol. The van der Waals surface area contributed by atoms with Crippen LogP contribution in [-0.2, 0) is 20.1 Å². The fourth-order valence-electron chi connectivity index (χ4n) is 2.73. The molecule has 0 aliphatic carbocycles. The van der Waals surface area contributed by atoms with Crippen LogP contribution < -0.4 is 15.4 Å². The number of aromatic nitrogens is 4. The third-order valence-corrected chi connectivity index (χ3v) is 4.26. The molecule has 3 aromatic rings. The standard InChI is InChI=1S/C20H24N6O2/c1-15(19-23-24-25-26(19)2)22-20(27)21-13-12-16-8-10-18(11-9-16)28-14-17-6-4-3-5-7-17/h3-11,15H,12-14H2,1-2H3,(H2,21,22,27)/t15-/m1/s1. The number of amides is 2. The Morgan fingerprint density at radius 1 is 1.11 bits per heavy atom. The minimum atomic E-state index is -0.277. The molecule has 1 atom stereocenters. The third-order valence-electron chi connectivity index (χ3n) is 4.26. The van der Waals surface area contributed by atoms with E-state index >= 15 is 0 Å². The maximum atomic E-state index is 12.0. The third kappa shape index (κ3) is 5.54. The molecule has 1 heterocycles. The van der Waals surface area contributed by atoms with Gasteiger partial charge >= 0.3 is 6.03 Å². The van der Waals surface area contributed by atoms with Crippen molar-refractivity contribution >= 4 is 6.03 Å². The summed E-state index contributed by atoms with van der Waals surface area (Å²) in [5, 5.41) is 16.9. The molecular weight excluding hydrogens is 356 g/mol. The van der Waals surface area contributed by atoms with Crippen molar-refractivity contribution in [2.45, 2.75) is 26.0 Å². The lowest BCUT2D eigenvalue weighted by Gasteiger charge is -2.13. The van der Waals surface area contributed by atoms with Crippen LogP contribution in [0.2, 0.25) is 0 Å². The van der Waals surface area contributed by atoms with Crippen LogP contribution in [0.15, 0.2) is 54.6 Å². The van der Waals surface area contributed by atoms with Crippen molar-refractivity contribution in [1.82, 2.24) is 30.8 Å². The largest absolute Gasteiger partial charge is 0.489 e. The number of rotatable bonds is 8. The Morgan fingerprint density at radius 3 is 2.54 bits per heavy atom. The number of benzene rings is 2. The first-order chi connectivity index (χ1) is 13.6. The quantitative estimate of drug-likeness (QED) is 0.626. The van der Waals surface area contributed by atoms with Crippen molar-refractivity contribution in [3.05, 3.63) is 71.5 Å². The van der Waals surface area contributed by atoms with Gasteiger partial charge in [0.25, 0.3) is 0 Å². The summed E-state index contributed by atoms with van der Waals surface area (Å²) >= 11 is 0. The van der Waals surface area contributed by atoms with Crippen LogP contribution in [0.1, 0.15) is 29.9 Å². The van der Waals surface area contributed by atoms with E-state index in [-0.39, 0.29) is 12.1 Å². The van der Waals surface area contributed by atoms with Gasteiger partial charge in [0.1, 0.15) is 12.4 Å². The average Bonchev–Trinajstić information content (AvgIpc) is 3.14. The van der Waals surface area contributed by atoms with E-state index < -0.39 is 0 Å². The molecule has 3 rings (SSSR count). The summed E-state index contributed by atoms with van der Waals surface area (Å²) in [5.41, 5.74) is 2.26. The van der Waals surface area contributed by atoms with E-state index in [1.165, 1.54) is 4.68 Å². The van der Waals surface area contributed by atoms with Crippen molar-refractivity contribution in [3.8, 4) is 5.75 Å². The van der Waals surface area contributed by atoms with E-state index in [0.29, 0.717) is 19.0 Å². The van der Waals surface area contributed by atoms with Crippen molar-refractivity contribution in [3.63, 3.8) is 0 Å². The number of aryl methyl sites for hydroxylation is 1. The molecule has 0 aliphatic rings. The summed E-state index contributed by atoms with van der Waals surface area (Å²) in [7, 11) is 1.73. The van der Waals surface area contributed by atoms with Crippen LogP contribution in [0.3, 0.4) is 0 Å². The number of carbonyl (C=O) groups excluding carboxylic acids is 1. The van der Waals surface area contributed by atoms with Gasteiger partial charge in [0.2, 0.25) is 0 Å². The molecule has 8 nitrogen and oxygen atoms in total. The zero-order valence-electron chi connectivity index (χ0n) is 16.0. The highest BCUT2D eigenvalue weighted by molar-refractivity contribution is 5.74. The summed E-state index contributed by atoms with van der Waals surface area (Å²) < 4.78 is 7.31. The van der Waals surface area contributed by atoms with Gasteiger partial charge in [-0.3, -0.25) is 0 Å². The van der Waals surface area contributed by atoms with Gasteiger partial charge in [0.15, 0.2) is 5.82 Å². The first-order valence-corrected chi connectivity index (χ1v) is 9.14. The van der Waals surface area contributed by atoms with Crippen LogP contribution >= 0.6 is 0 Å². The minimum Gasteiger partial charge on any atom is -0.489 e. The highest BCUT2D eigenvalue weighted by Gasteiger charge is 2.14. The Kier molecular flexibility index (Phi) is 6.56. The Bertz CT molecular complexity index is 879. The number of nitrogens with one attached hydrogen (secondary N) is 2. The first kappa shape index (κ1) is 19.3. The molecule has 0 unspecified atom stereocenters. The monoisotopic (exact) mass is 380 g/mol. The molecule has 2 N–H and O–H groups in total. The SMILES string of the molecule is C[C@@H](NC(=O)NCCc1ccc(OCc2ccccc2)cc1)c1nnnn1C. The second kappa shape index (κ2) is 9.50. The van der Waals surface area contributed by atoms with E-state index in [2.05, 4.69) is 26.2 Å². The van der Waals surface area contributed by atoms with Gasteiger partial charge < -0.3 is 15.4 Å². The van der Waals surface area contributed by atoms with Crippen LogP contribution in [0, 0.1) is 0 Å². The Hall–Kier alpha value is -3.42. The summed E-state index contributed by atoms with van der Waals surface area (Å²) in [6.07, 6.45) is 0.728. The number of hydrogen-bond donors (Lipinski definition) is 2. The lowest BCUT2D eigenvalue weighted by molar-refractivity contribution is 0.237. The second-order valence-corrected chi connectivity index (χ2v) is 6.45. The highest BCUT2D eigenvalue weighted by Crippen LogP contribution is 2.14. The highest BCUT2D eigenvalue weighted by atomic mass is 16.5. The van der Waals surface area contributed by atoms with E-state index in [1.807, 2.05) is 61.5 Å². The molecule has 0 bridgehead atoms. The lowest BCUT2D eigenvalue weighted by atomic mass is 10.1. The number of urea groups is 1. The molecule has 0 spiro atoms. The smallest absolute Gasteiger partial charge is 0.315 e. The van der Waals surface area contributed by atoms with Crippen molar-refractivity contribution < 1.29 is 9.53 Å². The van der Waals surface area contributed by atoms with E-state index in [0.717, 1.165) is 23.3 Å². The van der Waals surface area contributed by atoms with Crippen molar-refractivity contribution in [1.29, 1.82) is 0 Å². The molecule has 146 valence electrons. The molecule has 0 radical (unpaired) electrons. The number of hydrogen-bond acceptors (Lipinski definition) is 5. The maximum absolute atomic E-state index is 12.0. The summed E-state index contributed by atoms with van der Waals surface area (Å²) in [5.74, 6) is 1.42. The van der Waals surface area contributed by atoms with Crippen LogP contribution in [0.25, 0.3) is 0 Å². The Labute approximate surface area is 163 Å². The van der Waals surface area contributed by atoms with Gasteiger partial charge in [0, 0.05) is 13.6 Å². The Balaban J connectivity index is 1.38. The molecule has 0 fully saturated rings. The van der Waals surface area contributed by atoms with Crippen LogP contribution in [0.5, 0.6) is 5.75 Å². The topological polar surface area (TPSA) is 94.0 Å². The normalized spacial score (nSPS) is 11.6. The van der Waals surface area contributed by atoms with Crippen molar-refractivity contribution in [2.75, 3.05) is 6.54 Å². The van der Waals surface area contributed by atoms with Gasteiger partial charge in [-0.05, 0) is 47.0 Å². The molecular formula is C20H24N6O2. The molecule has 2 amide bonds. The zero-order chi connectivity index (χ0) is 19.8. The number of nitrogens with zero attached hydrogens (tertiary/aromatic N) is 4. The molecule has 0 saturated heterocycles. The number of carbonyl (C=O) groups is 1. The zero-order valence-corrected chi connectivity index (χ0v) is 16.0. The molecule has 28 heavy (non-hydrogen) atoms. The molecule has 1 aromatic heterocycles. The minimum absolute atomic E-state index is 0.252. The summed E-state index contributed by atoms with van der Waals surface area (Å²) in [6.45, 7) is 2.90. The molecule has 8 heteroatoms. The number of ether oxygens (including phenoxy) is 1. The van der Waals surface area contributed by atoms with Gasteiger partial charge in [-0.1, -0.05) is 42.5 Å². The fraction of sp³-hybridized carbons (Fsp3) is 0.300. The van der Waals surface area contributed by atoms with Gasteiger partial charge in [-0.2, -0.15) is 0 Å². The molecule has 2 aromatic carbocycles. The predicted octanol–water partition coefficient (Wildman–Crippen LogP) is 2.39. The van der Waals surface area contributed by atoms with Crippen LogP contribution in [0.4, 0.5) is 4.79 Å². The van der Waals surface area contributed by atoms with Gasteiger partial charge in [-0.15, -0.1) is 5.10 Å². The van der Waals surface area contributed by atoms with E-state index in [1.54, 1.807) is 7.05 Å². The van der Waals surface area contributed by atoms with Crippen molar-refractivity contribution in [2.24, 2.45) is 7.05 Å². The molecule has 0 aliphatic heterocycles. The first-order valence-electron chi connectivity index (χ1n) is 9.14. The summed E-state index contributed by atoms with van der Waals surface area (Å²) in [6, 6.07) is 17.4. The lowest BCUT2D eigenvalue weighted by Crippen LogP contribution is -2.38. The average molecular weight is 380 g/mol. The second-order valence-electron chi connectivity index (χ2n) is 6.45. The summed E-state index contributed by atoms with van der Waals surface area (Å²) in [4.78, 5) is 12.0. The molecule has 0 saturated carbocycles. The maximum Gasteiger partial charge on any atom is 0.315 e.